The van der Waals surface area contributed by atoms with Gasteiger partial charge in [-0.15, -0.1) is 0 Å². The smallest absolute Gasteiger partial charge is 0.200 e. The summed E-state index contributed by atoms with van der Waals surface area (Å²) in [6, 6.07) is 6.77. The summed E-state index contributed by atoms with van der Waals surface area (Å²) in [5.41, 5.74) is 0.526. The van der Waals surface area contributed by atoms with Gasteiger partial charge in [-0.3, -0.25) is 0 Å². The Morgan fingerprint density at radius 2 is 1.43 bits per heavy atom. The Balaban J connectivity index is 2.27. The molecule has 2 rings (SSSR count). The third kappa shape index (κ3) is 3.53. The molecule has 0 heterocycles. The second-order valence-electron chi connectivity index (χ2n) is 4.31. The SMILES string of the molecule is COc1ccccc1NSP(C)c1c(F)c(F)c(F)c(F)c1F. The Morgan fingerprint density at radius 3 is 2.00 bits per heavy atom. The fourth-order valence-electron chi connectivity index (χ4n) is 1.76. The Hall–Kier alpha value is -1.53. The van der Waals surface area contributed by atoms with Gasteiger partial charge in [-0.25, -0.2) is 22.0 Å². The van der Waals surface area contributed by atoms with E-state index in [2.05, 4.69) is 4.72 Å². The normalized spacial score (nSPS) is 12.1. The van der Waals surface area contributed by atoms with Crippen molar-refractivity contribution in [2.24, 2.45) is 0 Å². The first-order chi connectivity index (χ1) is 10.9. The van der Waals surface area contributed by atoms with Crippen LogP contribution in [0.5, 0.6) is 5.75 Å². The van der Waals surface area contributed by atoms with Gasteiger partial charge in [-0.1, -0.05) is 12.1 Å². The lowest BCUT2D eigenvalue weighted by atomic mass is 10.3. The van der Waals surface area contributed by atoms with Gasteiger partial charge in [0.05, 0.1) is 18.1 Å². The van der Waals surface area contributed by atoms with Crippen LogP contribution in [0.2, 0.25) is 0 Å². The molecular formula is C14H11F5NOPS. The fraction of sp³-hybridized carbons (Fsp3) is 0.143. The number of hydrogen-bond acceptors (Lipinski definition) is 3. The molecule has 0 saturated carbocycles. The molecule has 1 unspecified atom stereocenters. The highest BCUT2D eigenvalue weighted by molar-refractivity contribution is 8.58. The fourth-order valence-corrected chi connectivity index (χ4v) is 4.47. The lowest BCUT2D eigenvalue weighted by molar-refractivity contribution is 0.384. The van der Waals surface area contributed by atoms with Crippen LogP contribution in [0.4, 0.5) is 27.6 Å². The predicted molar refractivity (Wildman–Crippen MR) is 82.9 cm³/mol. The molecule has 2 nitrogen and oxygen atoms in total. The summed E-state index contributed by atoms with van der Waals surface area (Å²) in [5.74, 6) is -9.15. The number of rotatable bonds is 5. The van der Waals surface area contributed by atoms with E-state index in [0.29, 0.717) is 11.4 Å². The number of ether oxygens (including phenoxy) is 1. The van der Waals surface area contributed by atoms with Crippen molar-refractivity contribution < 1.29 is 26.7 Å². The summed E-state index contributed by atoms with van der Waals surface area (Å²) in [6.07, 6.45) is 0. The van der Waals surface area contributed by atoms with E-state index >= 15 is 0 Å². The number of hydrogen-bond donors (Lipinski definition) is 1. The first-order valence-electron chi connectivity index (χ1n) is 6.19. The van der Waals surface area contributed by atoms with Crippen LogP contribution in [-0.4, -0.2) is 13.8 Å². The van der Waals surface area contributed by atoms with Crippen molar-refractivity contribution in [3.05, 3.63) is 53.4 Å². The van der Waals surface area contributed by atoms with Gasteiger partial charge in [0.2, 0.25) is 5.82 Å². The zero-order valence-electron chi connectivity index (χ0n) is 12.0. The summed E-state index contributed by atoms with van der Waals surface area (Å²) in [5, 5.41) is -0.816. The van der Waals surface area contributed by atoms with Gasteiger partial charge in [-0.2, -0.15) is 0 Å². The molecule has 1 atom stereocenters. The van der Waals surface area contributed by atoms with Crippen molar-refractivity contribution >= 4 is 29.7 Å². The third-order valence-electron chi connectivity index (χ3n) is 2.90. The van der Waals surface area contributed by atoms with Crippen LogP contribution >= 0.6 is 18.7 Å². The van der Waals surface area contributed by atoms with Crippen molar-refractivity contribution in [1.82, 2.24) is 0 Å². The van der Waals surface area contributed by atoms with Gasteiger partial charge in [0.15, 0.2) is 23.3 Å². The number of anilines is 1. The molecule has 0 radical (unpaired) electrons. The van der Waals surface area contributed by atoms with E-state index in [0.717, 1.165) is 11.6 Å². The van der Waals surface area contributed by atoms with E-state index in [1.807, 2.05) is 0 Å². The average molecular weight is 367 g/mol. The highest BCUT2D eigenvalue weighted by Crippen LogP contribution is 2.47. The topological polar surface area (TPSA) is 21.3 Å². The highest BCUT2D eigenvalue weighted by atomic mass is 32.7. The van der Waals surface area contributed by atoms with Gasteiger partial charge in [0, 0.05) is 7.12 Å². The molecule has 124 valence electrons. The molecule has 0 saturated heterocycles. The molecule has 0 fully saturated rings. The van der Waals surface area contributed by atoms with Crippen LogP contribution in [-0.2, 0) is 0 Å². The van der Waals surface area contributed by atoms with Crippen molar-refractivity contribution in [3.63, 3.8) is 0 Å². The van der Waals surface area contributed by atoms with E-state index in [9.17, 15) is 22.0 Å². The van der Waals surface area contributed by atoms with Crippen LogP contribution in [0, 0.1) is 29.1 Å². The maximum Gasteiger partial charge on any atom is 0.200 e. The van der Waals surface area contributed by atoms with Gasteiger partial charge in [0.1, 0.15) is 5.75 Å². The molecule has 0 aromatic heterocycles. The maximum absolute atomic E-state index is 13.8. The second-order valence-corrected chi connectivity index (χ2v) is 8.33. The maximum atomic E-state index is 13.8. The van der Waals surface area contributed by atoms with E-state index in [1.54, 1.807) is 24.3 Å². The van der Waals surface area contributed by atoms with Crippen LogP contribution in [0.1, 0.15) is 0 Å². The summed E-state index contributed by atoms with van der Waals surface area (Å²) in [7, 11) is -0.301. The molecule has 0 aliphatic carbocycles. The van der Waals surface area contributed by atoms with Crippen molar-refractivity contribution in [2.45, 2.75) is 0 Å². The molecule has 0 aliphatic heterocycles. The molecule has 2 aromatic carbocycles. The van der Waals surface area contributed by atoms with E-state index in [1.165, 1.54) is 13.8 Å². The molecule has 0 spiro atoms. The summed E-state index contributed by atoms with van der Waals surface area (Å²) in [6.45, 7) is 1.39. The van der Waals surface area contributed by atoms with E-state index in [4.69, 9.17) is 4.74 Å². The summed E-state index contributed by atoms with van der Waals surface area (Å²) < 4.78 is 75.0. The molecule has 0 bridgehead atoms. The molecule has 0 amide bonds. The largest absolute Gasteiger partial charge is 0.495 e. The van der Waals surface area contributed by atoms with Crippen molar-refractivity contribution in [3.8, 4) is 5.75 Å². The van der Waals surface area contributed by atoms with Crippen LogP contribution in [0.3, 0.4) is 0 Å². The third-order valence-corrected chi connectivity index (χ3v) is 6.15. The minimum atomic E-state index is -2.16. The van der Waals surface area contributed by atoms with E-state index in [-0.39, 0.29) is 0 Å². The van der Waals surface area contributed by atoms with Crippen LogP contribution in [0.25, 0.3) is 0 Å². The monoisotopic (exact) mass is 367 g/mol. The molecule has 0 aliphatic rings. The van der Waals surface area contributed by atoms with Gasteiger partial charge in [-0.05, 0) is 30.4 Å². The van der Waals surface area contributed by atoms with Crippen molar-refractivity contribution in [2.75, 3.05) is 18.5 Å². The number of benzene rings is 2. The summed E-state index contributed by atoms with van der Waals surface area (Å²) in [4.78, 5) is 0. The Labute approximate surface area is 134 Å². The first-order valence-corrected chi connectivity index (χ1v) is 9.40. The molecule has 9 heteroatoms. The average Bonchev–Trinajstić information content (AvgIpc) is 2.56. The minimum Gasteiger partial charge on any atom is -0.495 e. The number of methoxy groups -OCH3 is 1. The predicted octanol–water partition coefficient (Wildman–Crippen LogP) is 4.80. The van der Waals surface area contributed by atoms with Gasteiger partial charge in [0.25, 0.3) is 0 Å². The molecule has 23 heavy (non-hydrogen) atoms. The Kier molecular flexibility index (Phi) is 5.70. The van der Waals surface area contributed by atoms with Gasteiger partial charge >= 0.3 is 0 Å². The van der Waals surface area contributed by atoms with Crippen LogP contribution < -0.4 is 14.8 Å². The molecular weight excluding hydrogens is 356 g/mol. The first kappa shape index (κ1) is 17.8. The lowest BCUT2D eigenvalue weighted by Gasteiger charge is -2.17. The molecule has 2 aromatic rings. The minimum absolute atomic E-state index is 0.487. The number of para-hydroxylation sites is 2. The number of nitrogens with one attached hydrogen (secondary N) is 1. The highest BCUT2D eigenvalue weighted by Gasteiger charge is 2.29. The second kappa shape index (κ2) is 7.36. The van der Waals surface area contributed by atoms with Gasteiger partial charge < -0.3 is 9.46 Å². The number of halogens is 5. The summed E-state index contributed by atoms with van der Waals surface area (Å²) >= 11 is 0.863. The zero-order chi connectivity index (χ0) is 17.1. The Morgan fingerprint density at radius 1 is 0.913 bits per heavy atom. The zero-order valence-corrected chi connectivity index (χ0v) is 13.7. The van der Waals surface area contributed by atoms with E-state index < -0.39 is 41.5 Å². The lowest BCUT2D eigenvalue weighted by Crippen LogP contribution is -2.18. The Bertz CT molecular complexity index is 702. The molecule has 1 N–H and O–H groups in total. The standard InChI is InChI=1S/C14H11F5NOPS/c1-21-8-6-4-3-5-7(8)20-23-22(2)14-12(18)10(16)9(15)11(17)13(14)19/h3-6,20H,1-2H3. The quantitative estimate of drug-likeness (QED) is 0.270. The van der Waals surface area contributed by atoms with Crippen LogP contribution in [0.15, 0.2) is 24.3 Å². The van der Waals surface area contributed by atoms with Crippen molar-refractivity contribution in [1.29, 1.82) is 0 Å².